The molecule has 0 radical (unpaired) electrons. The van der Waals surface area contributed by atoms with Crippen molar-refractivity contribution in [3.8, 4) is 23.3 Å². The Morgan fingerprint density at radius 1 is 1.27 bits per heavy atom. The number of carbonyl (C=O) groups is 1. The van der Waals surface area contributed by atoms with Gasteiger partial charge in [0.15, 0.2) is 0 Å². The van der Waals surface area contributed by atoms with E-state index in [1.807, 2.05) is 37.3 Å². The van der Waals surface area contributed by atoms with E-state index in [4.69, 9.17) is 15.0 Å². The molecule has 0 aliphatic carbocycles. The minimum atomic E-state index is -0.377. The van der Waals surface area contributed by atoms with Gasteiger partial charge in [0, 0.05) is 12.7 Å². The number of nitrogen functional groups attached to an aromatic ring is 1. The number of ether oxygens (including phenoxy) is 1. The maximum Gasteiger partial charge on any atom is 0.302 e. The summed E-state index contributed by atoms with van der Waals surface area (Å²) < 4.78 is 11.5. The number of nitrogens with one attached hydrogen (secondary N) is 1. The van der Waals surface area contributed by atoms with Gasteiger partial charge in [0.1, 0.15) is 35.2 Å². The molecular formula is C22H22N7O3S+. The fourth-order valence-electron chi connectivity index (χ4n) is 3.03. The van der Waals surface area contributed by atoms with Gasteiger partial charge < -0.3 is 10.5 Å². The van der Waals surface area contributed by atoms with E-state index in [1.54, 1.807) is 7.11 Å². The van der Waals surface area contributed by atoms with Gasteiger partial charge in [0.05, 0.1) is 11.3 Å². The first-order valence-electron chi connectivity index (χ1n) is 10.0. The maximum absolute atomic E-state index is 12.4. The molecule has 0 unspecified atom stereocenters. The lowest BCUT2D eigenvalue weighted by molar-refractivity contribution is -0.763. The first-order valence-corrected chi connectivity index (χ1v) is 11.0. The van der Waals surface area contributed by atoms with Crippen molar-refractivity contribution in [3.63, 3.8) is 0 Å². The van der Waals surface area contributed by atoms with Crippen LogP contribution in [0.4, 0.5) is 11.7 Å². The lowest BCUT2D eigenvalue weighted by Gasteiger charge is -2.13. The number of nitrogens with two attached hydrogens (primary N) is 1. The number of anilines is 2. The zero-order valence-electron chi connectivity index (χ0n) is 18.2. The lowest BCUT2D eigenvalue weighted by atomic mass is 9.96. The van der Waals surface area contributed by atoms with Crippen molar-refractivity contribution in [1.29, 1.82) is 10.5 Å². The molecule has 1 aromatic carbocycles. The number of nitriles is 2. The minimum Gasteiger partial charge on any atom is -0.383 e. The number of amides is 1. The fourth-order valence-corrected chi connectivity index (χ4v) is 3.82. The number of aryl methyl sites for hydroxylation is 1. The standard InChI is InChI=1S/C22H21N7O3S/c1-3-14-4-6-15(7-5-14)20-16(10-23)21(25)27-22(17(20)11-24)33-13-18(30)26-19-12-29(28-32-19)8-9-31-2/h4-7,12H,3,8-9,13H2,1-2H3,(H2-,25,26,27,28,30)/p+1. The van der Waals surface area contributed by atoms with Crippen LogP contribution in [0.3, 0.4) is 0 Å². The van der Waals surface area contributed by atoms with Crippen LogP contribution in [0.1, 0.15) is 23.6 Å². The Kier molecular flexibility index (Phi) is 7.97. The van der Waals surface area contributed by atoms with Gasteiger partial charge in [-0.05, 0) is 22.2 Å². The highest BCUT2D eigenvalue weighted by Crippen LogP contribution is 2.35. The molecule has 33 heavy (non-hydrogen) atoms. The summed E-state index contributed by atoms with van der Waals surface area (Å²) in [7, 11) is 1.58. The Morgan fingerprint density at radius 2 is 2.00 bits per heavy atom. The molecule has 0 bridgehead atoms. The zero-order chi connectivity index (χ0) is 23.8. The molecule has 0 spiro atoms. The predicted molar refractivity (Wildman–Crippen MR) is 121 cm³/mol. The second-order valence-corrected chi connectivity index (χ2v) is 7.82. The first-order chi connectivity index (χ1) is 16.0. The van der Waals surface area contributed by atoms with Gasteiger partial charge in [0.2, 0.25) is 17.7 Å². The molecular weight excluding hydrogens is 442 g/mol. The van der Waals surface area contributed by atoms with E-state index in [9.17, 15) is 15.3 Å². The van der Waals surface area contributed by atoms with Crippen LogP contribution in [-0.2, 0) is 22.5 Å². The molecule has 2 heterocycles. The second-order valence-electron chi connectivity index (χ2n) is 6.86. The van der Waals surface area contributed by atoms with Crippen LogP contribution < -0.4 is 15.7 Å². The van der Waals surface area contributed by atoms with Crippen molar-refractivity contribution in [2.75, 3.05) is 30.5 Å². The number of thioether (sulfide) groups is 1. The van der Waals surface area contributed by atoms with Gasteiger partial charge in [-0.25, -0.2) is 4.98 Å². The summed E-state index contributed by atoms with van der Waals surface area (Å²) in [6, 6.07) is 11.7. The zero-order valence-corrected chi connectivity index (χ0v) is 19.0. The molecule has 3 aromatic rings. The number of hydrogen-bond acceptors (Lipinski definition) is 9. The van der Waals surface area contributed by atoms with E-state index in [0.29, 0.717) is 24.3 Å². The molecule has 0 atom stereocenters. The molecule has 0 aliphatic heterocycles. The van der Waals surface area contributed by atoms with Crippen LogP contribution in [0.25, 0.3) is 11.1 Å². The summed E-state index contributed by atoms with van der Waals surface area (Å²) in [5.74, 6) is -0.248. The van der Waals surface area contributed by atoms with Crippen LogP contribution in [0, 0.1) is 22.7 Å². The highest BCUT2D eigenvalue weighted by Gasteiger charge is 2.22. The fraction of sp³-hybridized carbons (Fsp3) is 0.273. The lowest BCUT2D eigenvalue weighted by Crippen LogP contribution is -2.36. The molecule has 10 nitrogen and oxygen atoms in total. The summed E-state index contributed by atoms with van der Waals surface area (Å²) in [5.41, 5.74) is 8.57. The van der Waals surface area contributed by atoms with E-state index in [2.05, 4.69) is 21.6 Å². The number of carbonyl (C=O) groups excluding carboxylic acids is 1. The van der Waals surface area contributed by atoms with Crippen LogP contribution in [0.5, 0.6) is 0 Å². The van der Waals surface area contributed by atoms with Crippen molar-refractivity contribution in [3.05, 3.63) is 47.2 Å². The first kappa shape index (κ1) is 23.7. The average Bonchev–Trinajstić information content (AvgIpc) is 3.27. The Morgan fingerprint density at radius 3 is 2.64 bits per heavy atom. The molecule has 3 rings (SSSR count). The summed E-state index contributed by atoms with van der Waals surface area (Å²) in [4.78, 5) is 16.6. The van der Waals surface area contributed by atoms with Gasteiger partial charge in [-0.1, -0.05) is 43.0 Å². The van der Waals surface area contributed by atoms with Gasteiger partial charge in [-0.3, -0.25) is 14.6 Å². The monoisotopic (exact) mass is 464 g/mol. The van der Waals surface area contributed by atoms with E-state index >= 15 is 0 Å². The van der Waals surface area contributed by atoms with Gasteiger partial charge in [-0.15, -0.1) is 0 Å². The number of methoxy groups -OCH3 is 1. The van der Waals surface area contributed by atoms with Gasteiger partial charge in [-0.2, -0.15) is 10.5 Å². The topological polar surface area (TPSA) is 155 Å². The third-order valence-corrected chi connectivity index (χ3v) is 5.68. The van der Waals surface area contributed by atoms with Crippen molar-refractivity contribution in [2.45, 2.75) is 24.9 Å². The molecule has 2 aromatic heterocycles. The number of aromatic nitrogens is 3. The quantitative estimate of drug-likeness (QED) is 0.358. The third-order valence-electron chi connectivity index (χ3n) is 4.70. The van der Waals surface area contributed by atoms with Crippen molar-refractivity contribution in [1.82, 2.24) is 10.3 Å². The largest absolute Gasteiger partial charge is 0.383 e. The SMILES string of the molecule is CCc1ccc(-c2c(C#N)c(N)nc(SCC(=O)Nc3c[n+](CCOC)no3)c2C#N)cc1. The Labute approximate surface area is 194 Å². The smallest absolute Gasteiger partial charge is 0.302 e. The molecule has 1 amide bonds. The van der Waals surface area contributed by atoms with Crippen LogP contribution in [0.15, 0.2) is 40.0 Å². The maximum atomic E-state index is 12.4. The molecule has 0 aliphatic rings. The van der Waals surface area contributed by atoms with E-state index in [1.165, 1.54) is 10.9 Å². The normalized spacial score (nSPS) is 10.4. The number of nitrogens with zero attached hydrogens (tertiary/aromatic N) is 5. The summed E-state index contributed by atoms with van der Waals surface area (Å²) >= 11 is 1.05. The molecule has 3 N–H and O–H groups in total. The average molecular weight is 465 g/mol. The van der Waals surface area contributed by atoms with Crippen molar-refractivity contribution in [2.24, 2.45) is 0 Å². The minimum absolute atomic E-state index is 0.00314. The Hall–Kier alpha value is -3.93. The highest BCUT2D eigenvalue weighted by atomic mass is 32.2. The highest BCUT2D eigenvalue weighted by molar-refractivity contribution is 8.00. The van der Waals surface area contributed by atoms with E-state index in [-0.39, 0.29) is 39.5 Å². The number of benzene rings is 1. The number of hydrogen-bond donors (Lipinski definition) is 2. The van der Waals surface area contributed by atoms with Crippen molar-refractivity contribution < 1.29 is 18.7 Å². The number of pyridine rings is 1. The Bertz CT molecular complexity index is 1230. The number of rotatable bonds is 9. The second kappa shape index (κ2) is 11.1. The summed E-state index contributed by atoms with van der Waals surface area (Å²) in [5, 5.41) is 26.1. The predicted octanol–water partition coefficient (Wildman–Crippen LogP) is 2.29. The van der Waals surface area contributed by atoms with E-state index in [0.717, 1.165) is 23.7 Å². The molecule has 0 fully saturated rings. The summed E-state index contributed by atoms with van der Waals surface area (Å²) in [6.45, 7) is 2.97. The molecule has 0 saturated heterocycles. The Balaban J connectivity index is 1.82. The van der Waals surface area contributed by atoms with Crippen molar-refractivity contribution >= 4 is 29.4 Å². The van der Waals surface area contributed by atoms with Gasteiger partial charge >= 0.3 is 5.88 Å². The molecule has 0 saturated carbocycles. The summed E-state index contributed by atoms with van der Waals surface area (Å²) in [6.07, 6.45) is 2.40. The van der Waals surface area contributed by atoms with Crippen LogP contribution in [0.2, 0.25) is 0 Å². The third kappa shape index (κ3) is 5.66. The van der Waals surface area contributed by atoms with E-state index < -0.39 is 0 Å². The molecule has 168 valence electrons. The van der Waals surface area contributed by atoms with Gasteiger partial charge in [0.25, 0.3) is 6.20 Å². The molecule has 11 heteroatoms. The van der Waals surface area contributed by atoms with Crippen LogP contribution in [-0.4, -0.2) is 35.6 Å². The van der Waals surface area contributed by atoms with Crippen LogP contribution >= 0.6 is 11.8 Å².